The fourth-order valence-electron chi connectivity index (χ4n) is 2.61. The molecule has 116 valence electrons. The van der Waals surface area contributed by atoms with Crippen LogP contribution >= 0.6 is 11.6 Å². The van der Waals surface area contributed by atoms with Crippen molar-refractivity contribution in [2.24, 2.45) is 0 Å². The monoisotopic (exact) mass is 321 g/mol. The van der Waals surface area contributed by atoms with Gasteiger partial charge in [-0.25, -0.2) is 4.79 Å². The summed E-state index contributed by atoms with van der Waals surface area (Å²) in [6.45, 7) is 2.60. The third-order valence-electron chi connectivity index (χ3n) is 3.73. The van der Waals surface area contributed by atoms with Crippen molar-refractivity contribution >= 4 is 17.6 Å². The van der Waals surface area contributed by atoms with Crippen molar-refractivity contribution in [1.29, 1.82) is 0 Å². The number of carboxylic acid groups (broad SMARTS) is 1. The summed E-state index contributed by atoms with van der Waals surface area (Å²) in [5.74, 6) is -1.03. The van der Waals surface area contributed by atoms with Crippen LogP contribution in [0, 0.1) is 0 Å². The fourth-order valence-corrected chi connectivity index (χ4v) is 2.74. The molecule has 1 N–H and O–H groups in total. The number of ether oxygens (including phenoxy) is 1. The zero-order valence-electron chi connectivity index (χ0n) is 11.9. The molecule has 6 heteroatoms. The van der Waals surface area contributed by atoms with Gasteiger partial charge in [0.25, 0.3) is 0 Å². The zero-order valence-corrected chi connectivity index (χ0v) is 12.6. The molecule has 0 amide bonds. The molecule has 0 saturated carbocycles. The Bertz CT molecular complexity index is 652. The SMILES string of the molecule is O=C(O)c1occc1CN1CCO[C@H](c2ccc(Cl)cc2)C1. The summed E-state index contributed by atoms with van der Waals surface area (Å²) in [5, 5.41) is 9.79. The quantitative estimate of drug-likeness (QED) is 0.937. The lowest BCUT2D eigenvalue weighted by Gasteiger charge is -2.33. The van der Waals surface area contributed by atoms with Crippen molar-refractivity contribution in [1.82, 2.24) is 4.90 Å². The molecular weight excluding hydrogens is 306 g/mol. The van der Waals surface area contributed by atoms with E-state index in [-0.39, 0.29) is 11.9 Å². The summed E-state index contributed by atoms with van der Waals surface area (Å²) in [5.41, 5.74) is 1.75. The van der Waals surface area contributed by atoms with Crippen molar-refractivity contribution < 1.29 is 19.1 Å². The van der Waals surface area contributed by atoms with E-state index >= 15 is 0 Å². The molecule has 1 aliphatic rings. The van der Waals surface area contributed by atoms with Gasteiger partial charge in [-0.3, -0.25) is 4.90 Å². The average molecular weight is 322 g/mol. The van der Waals surface area contributed by atoms with E-state index in [0.717, 1.165) is 12.1 Å². The van der Waals surface area contributed by atoms with E-state index in [1.54, 1.807) is 6.07 Å². The maximum absolute atomic E-state index is 11.1. The molecule has 1 aromatic heterocycles. The highest BCUT2D eigenvalue weighted by Crippen LogP contribution is 2.25. The van der Waals surface area contributed by atoms with Crippen molar-refractivity contribution in [2.45, 2.75) is 12.6 Å². The topological polar surface area (TPSA) is 62.9 Å². The van der Waals surface area contributed by atoms with Gasteiger partial charge in [-0.2, -0.15) is 0 Å². The summed E-state index contributed by atoms with van der Waals surface area (Å²) in [4.78, 5) is 13.3. The van der Waals surface area contributed by atoms with Gasteiger partial charge < -0.3 is 14.3 Å². The van der Waals surface area contributed by atoms with Gasteiger partial charge in [-0.05, 0) is 23.8 Å². The highest BCUT2D eigenvalue weighted by atomic mass is 35.5. The Hall–Kier alpha value is -1.82. The Morgan fingerprint density at radius 3 is 2.82 bits per heavy atom. The van der Waals surface area contributed by atoms with E-state index in [2.05, 4.69) is 4.90 Å². The zero-order chi connectivity index (χ0) is 15.5. The van der Waals surface area contributed by atoms with E-state index in [9.17, 15) is 4.79 Å². The highest BCUT2D eigenvalue weighted by molar-refractivity contribution is 6.30. The van der Waals surface area contributed by atoms with Crippen molar-refractivity contribution in [2.75, 3.05) is 19.7 Å². The number of benzene rings is 1. The van der Waals surface area contributed by atoms with Gasteiger partial charge in [0.15, 0.2) is 0 Å². The molecule has 0 unspecified atom stereocenters. The summed E-state index contributed by atoms with van der Waals surface area (Å²) in [7, 11) is 0. The Morgan fingerprint density at radius 1 is 1.32 bits per heavy atom. The highest BCUT2D eigenvalue weighted by Gasteiger charge is 2.24. The molecule has 1 saturated heterocycles. The molecular formula is C16H16ClNO4. The van der Waals surface area contributed by atoms with E-state index in [1.807, 2.05) is 24.3 Å². The summed E-state index contributed by atoms with van der Waals surface area (Å²) < 4.78 is 10.8. The molecule has 1 aromatic carbocycles. The Morgan fingerprint density at radius 2 is 2.09 bits per heavy atom. The maximum Gasteiger partial charge on any atom is 0.372 e. The molecule has 0 bridgehead atoms. The Labute approximate surface area is 133 Å². The van der Waals surface area contributed by atoms with Gasteiger partial charge in [-0.15, -0.1) is 0 Å². The van der Waals surface area contributed by atoms with Crippen LogP contribution < -0.4 is 0 Å². The number of hydrogen-bond donors (Lipinski definition) is 1. The number of morpholine rings is 1. The third kappa shape index (κ3) is 3.32. The van der Waals surface area contributed by atoms with Gasteiger partial charge in [0.05, 0.1) is 19.0 Å². The third-order valence-corrected chi connectivity index (χ3v) is 3.98. The minimum absolute atomic E-state index is 0.00883. The minimum atomic E-state index is -1.04. The first-order chi connectivity index (χ1) is 10.6. The maximum atomic E-state index is 11.1. The van der Waals surface area contributed by atoms with E-state index in [0.29, 0.717) is 30.3 Å². The lowest BCUT2D eigenvalue weighted by molar-refractivity contribution is -0.0330. The molecule has 3 rings (SSSR count). The molecule has 0 aliphatic carbocycles. The first-order valence-electron chi connectivity index (χ1n) is 7.02. The van der Waals surface area contributed by atoms with Crippen LogP contribution in [-0.2, 0) is 11.3 Å². The molecule has 1 aliphatic heterocycles. The second-order valence-corrected chi connectivity index (χ2v) is 5.66. The van der Waals surface area contributed by atoms with Crippen LogP contribution in [0.15, 0.2) is 41.0 Å². The first kappa shape index (κ1) is 15.1. The molecule has 5 nitrogen and oxygen atoms in total. The van der Waals surface area contributed by atoms with Crippen LogP contribution in [0.4, 0.5) is 0 Å². The number of halogens is 1. The Kier molecular flexibility index (Phi) is 4.47. The summed E-state index contributed by atoms with van der Waals surface area (Å²) >= 11 is 5.90. The summed E-state index contributed by atoms with van der Waals surface area (Å²) in [6, 6.07) is 9.31. The molecule has 2 heterocycles. The largest absolute Gasteiger partial charge is 0.475 e. The smallest absolute Gasteiger partial charge is 0.372 e. The normalized spacial score (nSPS) is 19.2. The predicted molar refractivity (Wildman–Crippen MR) is 81.1 cm³/mol. The van der Waals surface area contributed by atoms with Crippen molar-refractivity contribution in [3.05, 3.63) is 58.5 Å². The van der Waals surface area contributed by atoms with Gasteiger partial charge in [0, 0.05) is 30.2 Å². The van der Waals surface area contributed by atoms with Gasteiger partial charge in [-0.1, -0.05) is 23.7 Å². The van der Waals surface area contributed by atoms with Crippen LogP contribution in [-0.4, -0.2) is 35.7 Å². The molecule has 22 heavy (non-hydrogen) atoms. The fraction of sp³-hybridized carbons (Fsp3) is 0.312. The van der Waals surface area contributed by atoms with Crippen LogP contribution in [0.2, 0.25) is 5.02 Å². The molecule has 1 atom stereocenters. The van der Waals surface area contributed by atoms with Crippen LogP contribution in [0.5, 0.6) is 0 Å². The van der Waals surface area contributed by atoms with Crippen molar-refractivity contribution in [3.63, 3.8) is 0 Å². The molecule has 1 fully saturated rings. The van der Waals surface area contributed by atoms with Crippen LogP contribution in [0.3, 0.4) is 0 Å². The number of carboxylic acids is 1. The lowest BCUT2D eigenvalue weighted by atomic mass is 10.1. The predicted octanol–water partition coefficient (Wildman–Crippen LogP) is 3.20. The molecule has 0 spiro atoms. The van der Waals surface area contributed by atoms with E-state index < -0.39 is 5.97 Å². The van der Waals surface area contributed by atoms with E-state index in [1.165, 1.54) is 6.26 Å². The number of hydrogen-bond acceptors (Lipinski definition) is 4. The van der Waals surface area contributed by atoms with Gasteiger partial charge >= 0.3 is 5.97 Å². The standard InChI is InChI=1S/C16H16ClNO4/c17-13-3-1-11(2-4-13)14-10-18(6-8-21-14)9-12-5-7-22-15(12)16(19)20/h1-5,7,14H,6,8-10H2,(H,19,20)/t14-/m0/s1. The van der Waals surface area contributed by atoms with Crippen LogP contribution in [0.25, 0.3) is 0 Å². The average Bonchev–Trinajstić information content (AvgIpc) is 2.96. The second kappa shape index (κ2) is 6.52. The first-order valence-corrected chi connectivity index (χ1v) is 7.40. The molecule has 0 radical (unpaired) electrons. The number of furan rings is 1. The van der Waals surface area contributed by atoms with Crippen molar-refractivity contribution in [3.8, 4) is 0 Å². The van der Waals surface area contributed by atoms with E-state index in [4.69, 9.17) is 25.9 Å². The second-order valence-electron chi connectivity index (χ2n) is 5.23. The number of nitrogens with zero attached hydrogens (tertiary/aromatic N) is 1. The van der Waals surface area contributed by atoms with Gasteiger partial charge in [0.2, 0.25) is 5.76 Å². The number of aromatic carboxylic acids is 1. The lowest BCUT2D eigenvalue weighted by Crippen LogP contribution is -2.38. The van der Waals surface area contributed by atoms with Gasteiger partial charge in [0.1, 0.15) is 0 Å². The summed E-state index contributed by atoms with van der Waals surface area (Å²) in [6.07, 6.45) is 1.38. The molecule has 2 aromatic rings. The number of rotatable bonds is 4. The minimum Gasteiger partial charge on any atom is -0.475 e. The Balaban J connectivity index is 1.69. The number of carbonyl (C=O) groups is 1. The van der Waals surface area contributed by atoms with Crippen LogP contribution in [0.1, 0.15) is 27.8 Å².